The zero-order valence-electron chi connectivity index (χ0n) is 12.2. The number of carbonyl (C=O) groups excluding carboxylic acids is 1. The smallest absolute Gasteiger partial charge is 0.272 e. The molecule has 2 N–H and O–H groups in total. The minimum Gasteiger partial charge on any atom is -0.441 e. The number of nitrogens with zero attached hydrogens (tertiary/aromatic N) is 1. The van der Waals surface area contributed by atoms with Crippen LogP contribution in [0.15, 0.2) is 46.9 Å². The van der Waals surface area contributed by atoms with Gasteiger partial charge in [-0.3, -0.25) is 4.79 Å². The van der Waals surface area contributed by atoms with Crippen molar-refractivity contribution in [3.63, 3.8) is 0 Å². The van der Waals surface area contributed by atoms with Gasteiger partial charge >= 0.3 is 0 Å². The Hall–Kier alpha value is -3.15. The lowest BCUT2D eigenvalue weighted by Gasteiger charge is -2.02. The second kappa shape index (κ2) is 4.95. The summed E-state index contributed by atoms with van der Waals surface area (Å²) in [5, 5.41) is 3.44. The summed E-state index contributed by atoms with van der Waals surface area (Å²) in [4.78, 5) is 19.5. The number of carbonyl (C=O) groups is 1. The molecule has 2 aromatic heterocycles. The number of fused-ring (bicyclic) bond motifs is 2. The second-order valence-electron chi connectivity index (χ2n) is 5.28. The molecule has 0 spiro atoms. The van der Waals surface area contributed by atoms with Crippen LogP contribution in [0.4, 0.5) is 10.1 Å². The average Bonchev–Trinajstić information content (AvgIpc) is 3.08. The fraction of sp³-hybridized carbons (Fsp3) is 0.0588. The van der Waals surface area contributed by atoms with Crippen LogP contribution in [0, 0.1) is 12.7 Å². The summed E-state index contributed by atoms with van der Waals surface area (Å²) in [7, 11) is 0. The molecule has 0 aliphatic heterocycles. The van der Waals surface area contributed by atoms with E-state index in [-0.39, 0.29) is 11.7 Å². The molecule has 2 aromatic carbocycles. The van der Waals surface area contributed by atoms with E-state index < -0.39 is 0 Å². The number of H-pyrrole nitrogens is 1. The summed E-state index contributed by atoms with van der Waals surface area (Å²) in [5.41, 5.74) is 3.03. The normalized spacial score (nSPS) is 11.2. The fourth-order valence-electron chi connectivity index (χ4n) is 2.54. The van der Waals surface area contributed by atoms with Gasteiger partial charge in [-0.15, -0.1) is 0 Å². The Balaban J connectivity index is 1.64. The SMILES string of the molecule is Cc1nc2cc(NC(=O)c3cc4cc(F)ccc4[nH]3)ccc2o1. The van der Waals surface area contributed by atoms with E-state index in [1.807, 2.05) is 0 Å². The molecule has 0 saturated heterocycles. The maximum atomic E-state index is 13.2. The first-order valence-corrected chi connectivity index (χ1v) is 7.05. The zero-order valence-corrected chi connectivity index (χ0v) is 12.2. The number of hydrogen-bond donors (Lipinski definition) is 2. The summed E-state index contributed by atoms with van der Waals surface area (Å²) < 4.78 is 18.6. The fourth-order valence-corrected chi connectivity index (χ4v) is 2.54. The van der Waals surface area contributed by atoms with Gasteiger partial charge in [-0.1, -0.05) is 0 Å². The highest BCUT2D eigenvalue weighted by molar-refractivity contribution is 6.06. The number of aromatic amines is 1. The molecule has 1 amide bonds. The predicted molar refractivity (Wildman–Crippen MR) is 85.0 cm³/mol. The van der Waals surface area contributed by atoms with Gasteiger partial charge in [0.25, 0.3) is 5.91 Å². The van der Waals surface area contributed by atoms with Crippen molar-refractivity contribution in [2.24, 2.45) is 0 Å². The van der Waals surface area contributed by atoms with E-state index in [4.69, 9.17) is 4.42 Å². The van der Waals surface area contributed by atoms with Crippen LogP contribution < -0.4 is 5.32 Å². The Morgan fingerprint density at radius 1 is 1.22 bits per heavy atom. The summed E-state index contributed by atoms with van der Waals surface area (Å²) in [5.74, 6) is -0.0717. The third-order valence-electron chi connectivity index (χ3n) is 3.58. The second-order valence-corrected chi connectivity index (χ2v) is 5.28. The highest BCUT2D eigenvalue weighted by atomic mass is 19.1. The molecule has 0 unspecified atom stereocenters. The van der Waals surface area contributed by atoms with Crippen molar-refractivity contribution < 1.29 is 13.6 Å². The Bertz CT molecular complexity index is 1050. The number of anilines is 1. The first-order chi connectivity index (χ1) is 11.1. The molecule has 0 aliphatic rings. The van der Waals surface area contributed by atoms with Crippen LogP contribution in [-0.4, -0.2) is 15.9 Å². The van der Waals surface area contributed by atoms with E-state index >= 15 is 0 Å². The molecule has 4 rings (SSSR count). The van der Waals surface area contributed by atoms with Crippen molar-refractivity contribution in [1.29, 1.82) is 0 Å². The molecule has 4 aromatic rings. The van der Waals surface area contributed by atoms with Crippen LogP contribution >= 0.6 is 0 Å². The standard InChI is InChI=1S/C17H12FN3O2/c1-9-19-14-8-12(3-5-16(14)23-9)20-17(22)15-7-10-6-11(18)2-4-13(10)21-15/h2-8,21H,1H3,(H,20,22). The lowest BCUT2D eigenvalue weighted by molar-refractivity contribution is 0.102. The number of aromatic nitrogens is 2. The number of aryl methyl sites for hydroxylation is 1. The highest BCUT2D eigenvalue weighted by Crippen LogP contribution is 2.21. The molecular weight excluding hydrogens is 297 g/mol. The van der Waals surface area contributed by atoms with Crippen molar-refractivity contribution >= 4 is 33.6 Å². The van der Waals surface area contributed by atoms with E-state index in [9.17, 15) is 9.18 Å². The summed E-state index contributed by atoms with van der Waals surface area (Å²) in [6, 6.07) is 11.2. The van der Waals surface area contributed by atoms with Gasteiger partial charge < -0.3 is 14.7 Å². The zero-order chi connectivity index (χ0) is 16.0. The van der Waals surface area contributed by atoms with Gasteiger partial charge in [0, 0.05) is 23.5 Å². The monoisotopic (exact) mass is 309 g/mol. The van der Waals surface area contributed by atoms with E-state index in [1.54, 1.807) is 37.3 Å². The van der Waals surface area contributed by atoms with E-state index in [0.29, 0.717) is 39.3 Å². The van der Waals surface area contributed by atoms with Crippen LogP contribution in [0.5, 0.6) is 0 Å². The number of nitrogens with one attached hydrogen (secondary N) is 2. The highest BCUT2D eigenvalue weighted by Gasteiger charge is 2.11. The van der Waals surface area contributed by atoms with Gasteiger partial charge in [0.15, 0.2) is 11.5 Å². The Labute approximate surface area is 130 Å². The van der Waals surface area contributed by atoms with Crippen LogP contribution in [-0.2, 0) is 0 Å². The molecule has 0 atom stereocenters. The lowest BCUT2D eigenvalue weighted by atomic mass is 10.2. The molecule has 0 radical (unpaired) electrons. The topological polar surface area (TPSA) is 70.9 Å². The van der Waals surface area contributed by atoms with Crippen molar-refractivity contribution in [3.05, 3.63) is 59.9 Å². The molecule has 6 heteroatoms. The van der Waals surface area contributed by atoms with Gasteiger partial charge in [-0.05, 0) is 42.5 Å². The Kier molecular flexibility index (Phi) is 2.90. The van der Waals surface area contributed by atoms with Gasteiger partial charge in [-0.2, -0.15) is 0 Å². The molecular formula is C17H12FN3O2. The van der Waals surface area contributed by atoms with Crippen LogP contribution in [0.1, 0.15) is 16.4 Å². The Morgan fingerprint density at radius 2 is 2.09 bits per heavy atom. The summed E-state index contributed by atoms with van der Waals surface area (Å²) in [6.45, 7) is 1.77. The number of rotatable bonds is 2. The maximum Gasteiger partial charge on any atom is 0.272 e. The minimum absolute atomic E-state index is 0.304. The predicted octanol–water partition coefficient (Wildman–Crippen LogP) is 4.01. The van der Waals surface area contributed by atoms with Crippen molar-refractivity contribution in [2.45, 2.75) is 6.92 Å². The first-order valence-electron chi connectivity index (χ1n) is 7.05. The minimum atomic E-state index is -0.338. The summed E-state index contributed by atoms with van der Waals surface area (Å²) in [6.07, 6.45) is 0. The van der Waals surface area contributed by atoms with Crippen molar-refractivity contribution in [2.75, 3.05) is 5.32 Å². The largest absolute Gasteiger partial charge is 0.441 e. The number of halogens is 1. The van der Waals surface area contributed by atoms with Gasteiger partial charge in [0.2, 0.25) is 0 Å². The molecule has 0 aliphatic carbocycles. The van der Waals surface area contributed by atoms with Gasteiger partial charge in [0.1, 0.15) is 17.0 Å². The molecule has 23 heavy (non-hydrogen) atoms. The third-order valence-corrected chi connectivity index (χ3v) is 3.58. The van der Waals surface area contributed by atoms with Gasteiger partial charge in [-0.25, -0.2) is 9.37 Å². The molecule has 0 fully saturated rings. The van der Waals surface area contributed by atoms with Crippen LogP contribution in [0.2, 0.25) is 0 Å². The summed E-state index contributed by atoms with van der Waals surface area (Å²) >= 11 is 0. The molecule has 114 valence electrons. The van der Waals surface area contributed by atoms with Crippen LogP contribution in [0.25, 0.3) is 22.0 Å². The van der Waals surface area contributed by atoms with E-state index in [1.165, 1.54) is 12.1 Å². The molecule has 5 nitrogen and oxygen atoms in total. The lowest BCUT2D eigenvalue weighted by Crippen LogP contribution is -2.12. The number of oxazole rings is 1. The van der Waals surface area contributed by atoms with E-state index in [0.717, 1.165) is 0 Å². The van der Waals surface area contributed by atoms with Crippen molar-refractivity contribution in [1.82, 2.24) is 9.97 Å². The van der Waals surface area contributed by atoms with Crippen LogP contribution in [0.3, 0.4) is 0 Å². The van der Waals surface area contributed by atoms with E-state index in [2.05, 4.69) is 15.3 Å². The quantitative estimate of drug-likeness (QED) is 0.587. The third kappa shape index (κ3) is 2.44. The number of amides is 1. The van der Waals surface area contributed by atoms with Gasteiger partial charge in [0.05, 0.1) is 0 Å². The number of hydrogen-bond acceptors (Lipinski definition) is 3. The van der Waals surface area contributed by atoms with Crippen molar-refractivity contribution in [3.8, 4) is 0 Å². The maximum absolute atomic E-state index is 13.2. The molecule has 0 bridgehead atoms. The molecule has 2 heterocycles. The first kappa shape index (κ1) is 13.5. The molecule has 0 saturated carbocycles. The number of benzene rings is 2. The Morgan fingerprint density at radius 3 is 2.96 bits per heavy atom. The average molecular weight is 309 g/mol.